The number of ether oxygens (including phenoxy) is 1. The predicted octanol–water partition coefficient (Wildman–Crippen LogP) is 1.53. The van der Waals surface area contributed by atoms with Crippen LogP contribution < -0.4 is 15.4 Å². The standard InChI is InChI=1S/C17H16N4O3/c1-11-3-6-13(17(20-11)24-2)10-19-15(22)16(23)21-14-7-4-12(9-18)5-8-14/h3-8H,10H2,1-2H3,(H,19,22)(H,21,23). The van der Waals surface area contributed by atoms with Crippen molar-refractivity contribution >= 4 is 17.5 Å². The van der Waals surface area contributed by atoms with Gasteiger partial charge in [0.05, 0.1) is 18.7 Å². The molecule has 0 aliphatic heterocycles. The highest BCUT2D eigenvalue weighted by Gasteiger charge is 2.14. The fourth-order valence-electron chi connectivity index (χ4n) is 1.94. The molecule has 2 amide bonds. The molecule has 0 atom stereocenters. The van der Waals surface area contributed by atoms with E-state index in [1.54, 1.807) is 36.4 Å². The highest BCUT2D eigenvalue weighted by atomic mass is 16.5. The molecule has 0 saturated heterocycles. The van der Waals surface area contributed by atoms with Gasteiger partial charge in [-0.1, -0.05) is 6.07 Å². The first-order valence-corrected chi connectivity index (χ1v) is 7.13. The molecule has 122 valence electrons. The third kappa shape index (κ3) is 4.30. The average molecular weight is 324 g/mol. The molecule has 0 saturated carbocycles. The van der Waals surface area contributed by atoms with Gasteiger partial charge in [-0.25, -0.2) is 4.98 Å². The minimum atomic E-state index is -0.793. The van der Waals surface area contributed by atoms with Crippen molar-refractivity contribution < 1.29 is 14.3 Å². The summed E-state index contributed by atoms with van der Waals surface area (Å²) in [5.74, 6) is -1.16. The number of rotatable bonds is 4. The number of carbonyl (C=O) groups is 2. The zero-order valence-corrected chi connectivity index (χ0v) is 13.3. The lowest BCUT2D eigenvalue weighted by molar-refractivity contribution is -0.136. The number of amides is 2. The van der Waals surface area contributed by atoms with Gasteiger partial charge < -0.3 is 15.4 Å². The van der Waals surface area contributed by atoms with Crippen molar-refractivity contribution in [3.63, 3.8) is 0 Å². The van der Waals surface area contributed by atoms with Crippen LogP contribution in [0.1, 0.15) is 16.8 Å². The molecule has 1 heterocycles. The number of hydrogen-bond acceptors (Lipinski definition) is 5. The fourth-order valence-corrected chi connectivity index (χ4v) is 1.94. The van der Waals surface area contributed by atoms with Crippen LogP contribution in [0.3, 0.4) is 0 Å². The van der Waals surface area contributed by atoms with Crippen molar-refractivity contribution in [1.82, 2.24) is 10.3 Å². The summed E-state index contributed by atoms with van der Waals surface area (Å²) in [5.41, 5.74) is 2.36. The summed E-state index contributed by atoms with van der Waals surface area (Å²) in [6, 6.07) is 11.8. The lowest BCUT2D eigenvalue weighted by atomic mass is 10.2. The minimum absolute atomic E-state index is 0.121. The second-order valence-corrected chi connectivity index (χ2v) is 4.95. The van der Waals surface area contributed by atoms with E-state index in [1.807, 2.05) is 13.0 Å². The Morgan fingerprint density at radius 3 is 2.50 bits per heavy atom. The van der Waals surface area contributed by atoms with Gasteiger partial charge in [0.2, 0.25) is 5.88 Å². The van der Waals surface area contributed by atoms with Crippen LogP contribution in [-0.2, 0) is 16.1 Å². The Bertz CT molecular complexity index is 794. The van der Waals surface area contributed by atoms with Gasteiger partial charge in [-0.15, -0.1) is 0 Å². The molecule has 0 aliphatic rings. The van der Waals surface area contributed by atoms with Crippen molar-refractivity contribution in [2.45, 2.75) is 13.5 Å². The molecule has 2 N–H and O–H groups in total. The SMILES string of the molecule is COc1nc(C)ccc1CNC(=O)C(=O)Nc1ccc(C#N)cc1. The maximum atomic E-state index is 11.9. The molecular formula is C17H16N4O3. The maximum Gasteiger partial charge on any atom is 0.313 e. The molecule has 0 bridgehead atoms. The van der Waals surface area contributed by atoms with E-state index in [9.17, 15) is 9.59 Å². The number of nitrogens with one attached hydrogen (secondary N) is 2. The average Bonchev–Trinajstić information content (AvgIpc) is 2.60. The van der Waals surface area contributed by atoms with Crippen LogP contribution in [0.25, 0.3) is 0 Å². The topological polar surface area (TPSA) is 104 Å². The first-order valence-electron chi connectivity index (χ1n) is 7.13. The highest BCUT2D eigenvalue weighted by molar-refractivity contribution is 6.39. The summed E-state index contributed by atoms with van der Waals surface area (Å²) >= 11 is 0. The lowest BCUT2D eigenvalue weighted by Crippen LogP contribution is -2.35. The van der Waals surface area contributed by atoms with E-state index in [-0.39, 0.29) is 6.54 Å². The summed E-state index contributed by atoms with van der Waals surface area (Å²) in [7, 11) is 1.49. The molecular weight excluding hydrogens is 308 g/mol. The van der Waals surface area contributed by atoms with Gasteiger partial charge in [0.25, 0.3) is 0 Å². The number of pyridine rings is 1. The molecule has 2 rings (SSSR count). The van der Waals surface area contributed by atoms with Crippen molar-refractivity contribution in [3.05, 3.63) is 53.2 Å². The summed E-state index contributed by atoms with van der Waals surface area (Å²) in [4.78, 5) is 27.9. The molecule has 1 aromatic heterocycles. The van der Waals surface area contributed by atoms with Gasteiger partial charge in [-0.2, -0.15) is 5.26 Å². The Kier molecular flexibility index (Phi) is 5.47. The molecule has 2 aromatic rings. The van der Waals surface area contributed by atoms with Crippen LogP contribution in [0.15, 0.2) is 36.4 Å². The van der Waals surface area contributed by atoms with Crippen molar-refractivity contribution in [2.75, 3.05) is 12.4 Å². The first kappa shape index (κ1) is 17.0. The zero-order valence-electron chi connectivity index (χ0n) is 13.3. The number of benzene rings is 1. The Morgan fingerprint density at radius 1 is 1.17 bits per heavy atom. The van der Waals surface area contributed by atoms with Crippen LogP contribution in [0.5, 0.6) is 5.88 Å². The lowest BCUT2D eigenvalue weighted by Gasteiger charge is -2.10. The minimum Gasteiger partial charge on any atom is -0.481 e. The van der Waals surface area contributed by atoms with Gasteiger partial charge in [0.15, 0.2) is 0 Å². The summed E-state index contributed by atoms with van der Waals surface area (Å²) in [5, 5.41) is 13.7. The number of anilines is 1. The van der Waals surface area contributed by atoms with Gasteiger partial charge in [-0.3, -0.25) is 9.59 Å². The van der Waals surface area contributed by atoms with Gasteiger partial charge >= 0.3 is 11.8 Å². The smallest absolute Gasteiger partial charge is 0.313 e. The number of nitriles is 1. The third-order valence-electron chi connectivity index (χ3n) is 3.19. The van der Waals surface area contributed by atoms with E-state index in [0.29, 0.717) is 22.7 Å². The van der Waals surface area contributed by atoms with Gasteiger partial charge in [0, 0.05) is 23.5 Å². The van der Waals surface area contributed by atoms with Crippen LogP contribution in [0, 0.1) is 18.3 Å². The molecule has 0 unspecified atom stereocenters. The Hall–Kier alpha value is -3.40. The predicted molar refractivity (Wildman–Crippen MR) is 87.2 cm³/mol. The summed E-state index contributed by atoms with van der Waals surface area (Å²) in [6.07, 6.45) is 0. The fraction of sp³-hybridized carbons (Fsp3) is 0.176. The summed E-state index contributed by atoms with van der Waals surface area (Å²) < 4.78 is 5.15. The zero-order chi connectivity index (χ0) is 17.5. The van der Waals surface area contributed by atoms with E-state index in [2.05, 4.69) is 15.6 Å². The van der Waals surface area contributed by atoms with Crippen LogP contribution in [0.4, 0.5) is 5.69 Å². The molecule has 24 heavy (non-hydrogen) atoms. The third-order valence-corrected chi connectivity index (χ3v) is 3.19. The molecule has 0 radical (unpaired) electrons. The van der Waals surface area contributed by atoms with Crippen molar-refractivity contribution in [3.8, 4) is 11.9 Å². The van der Waals surface area contributed by atoms with Gasteiger partial charge in [0.1, 0.15) is 0 Å². The Labute approximate surface area is 139 Å². The monoisotopic (exact) mass is 324 g/mol. The van der Waals surface area contributed by atoms with E-state index >= 15 is 0 Å². The number of methoxy groups -OCH3 is 1. The van der Waals surface area contributed by atoms with Crippen LogP contribution >= 0.6 is 0 Å². The highest BCUT2D eigenvalue weighted by Crippen LogP contribution is 2.15. The largest absolute Gasteiger partial charge is 0.481 e. The number of carbonyl (C=O) groups excluding carboxylic acids is 2. The molecule has 7 heteroatoms. The summed E-state index contributed by atoms with van der Waals surface area (Å²) in [6.45, 7) is 1.95. The van der Waals surface area contributed by atoms with Crippen LogP contribution in [-0.4, -0.2) is 23.9 Å². The second-order valence-electron chi connectivity index (χ2n) is 4.95. The maximum absolute atomic E-state index is 11.9. The van der Waals surface area contributed by atoms with Crippen molar-refractivity contribution in [1.29, 1.82) is 5.26 Å². The number of aryl methyl sites for hydroxylation is 1. The van der Waals surface area contributed by atoms with Crippen LogP contribution in [0.2, 0.25) is 0 Å². The van der Waals surface area contributed by atoms with E-state index < -0.39 is 11.8 Å². The molecule has 7 nitrogen and oxygen atoms in total. The van der Waals surface area contributed by atoms with E-state index in [0.717, 1.165) is 5.69 Å². The van der Waals surface area contributed by atoms with E-state index in [1.165, 1.54) is 7.11 Å². The van der Waals surface area contributed by atoms with E-state index in [4.69, 9.17) is 10.00 Å². The number of nitrogens with zero attached hydrogens (tertiary/aromatic N) is 2. The van der Waals surface area contributed by atoms with Crippen molar-refractivity contribution in [2.24, 2.45) is 0 Å². The van der Waals surface area contributed by atoms with Gasteiger partial charge in [-0.05, 0) is 37.3 Å². The first-order chi connectivity index (χ1) is 11.5. The molecule has 0 fully saturated rings. The number of hydrogen-bond donors (Lipinski definition) is 2. The Balaban J connectivity index is 1.94. The quantitative estimate of drug-likeness (QED) is 0.830. The molecule has 0 aliphatic carbocycles. The normalized spacial score (nSPS) is 9.71. The molecule has 0 spiro atoms. The Morgan fingerprint density at radius 2 is 1.88 bits per heavy atom. The second kappa shape index (κ2) is 7.74. The number of aromatic nitrogens is 1. The molecule has 1 aromatic carbocycles.